The zero-order valence-electron chi connectivity index (χ0n) is 11.9. The highest BCUT2D eigenvalue weighted by atomic mass is 15.3. The predicted molar refractivity (Wildman–Crippen MR) is 75.9 cm³/mol. The van der Waals surface area contributed by atoms with E-state index in [0.29, 0.717) is 0 Å². The lowest BCUT2D eigenvalue weighted by Gasteiger charge is -2.45. The first-order chi connectivity index (χ1) is 8.53. The van der Waals surface area contributed by atoms with Gasteiger partial charge in [-0.1, -0.05) is 6.07 Å². The van der Waals surface area contributed by atoms with E-state index in [9.17, 15) is 0 Å². The van der Waals surface area contributed by atoms with Gasteiger partial charge >= 0.3 is 0 Å². The van der Waals surface area contributed by atoms with Gasteiger partial charge in [-0.15, -0.1) is 0 Å². The molecule has 0 radical (unpaired) electrons. The monoisotopic (exact) mass is 248 g/mol. The Morgan fingerprint density at radius 1 is 1.33 bits per heavy atom. The number of piperazine rings is 1. The first-order valence-electron chi connectivity index (χ1n) is 6.60. The van der Waals surface area contributed by atoms with E-state index in [-0.39, 0.29) is 5.54 Å². The Morgan fingerprint density at radius 2 is 2.11 bits per heavy atom. The average molecular weight is 248 g/mol. The van der Waals surface area contributed by atoms with Gasteiger partial charge in [-0.05, 0) is 40.1 Å². The number of hydrogen-bond acceptors (Lipinski definition) is 4. The number of anilines is 1. The smallest absolute Gasteiger partial charge is 0.128 e. The van der Waals surface area contributed by atoms with Crippen LogP contribution in [0.5, 0.6) is 0 Å². The number of likely N-dealkylation sites (N-methyl/N-ethyl adjacent to an activating group) is 1. The van der Waals surface area contributed by atoms with Crippen molar-refractivity contribution >= 4 is 5.82 Å². The zero-order valence-corrected chi connectivity index (χ0v) is 11.9. The van der Waals surface area contributed by atoms with Crippen LogP contribution in [0.1, 0.15) is 19.5 Å². The van der Waals surface area contributed by atoms with E-state index >= 15 is 0 Å². The molecule has 0 aliphatic carbocycles. The molecular weight excluding hydrogens is 224 g/mol. The summed E-state index contributed by atoms with van der Waals surface area (Å²) in [6.45, 7) is 8.57. The molecule has 0 saturated carbocycles. The maximum Gasteiger partial charge on any atom is 0.128 e. The first kappa shape index (κ1) is 13.3. The lowest BCUT2D eigenvalue weighted by atomic mass is 10.00. The summed E-state index contributed by atoms with van der Waals surface area (Å²) in [7, 11) is 4.15. The molecule has 0 bridgehead atoms. The van der Waals surface area contributed by atoms with Crippen molar-refractivity contribution in [1.29, 1.82) is 0 Å². The SMILES string of the molecule is CNCc1cccc(N2CCN(C)C(C)(C)C2)n1. The summed E-state index contributed by atoms with van der Waals surface area (Å²) in [6.07, 6.45) is 0. The molecule has 0 atom stereocenters. The standard InChI is InChI=1S/C14H24N4/c1-14(2)11-18(9-8-17(14)4)13-7-5-6-12(16-13)10-15-3/h5-7,15H,8-11H2,1-4H3. The van der Waals surface area contributed by atoms with E-state index in [0.717, 1.165) is 37.7 Å². The van der Waals surface area contributed by atoms with Gasteiger partial charge in [0.25, 0.3) is 0 Å². The van der Waals surface area contributed by atoms with Crippen LogP contribution in [0.2, 0.25) is 0 Å². The third kappa shape index (κ3) is 2.82. The van der Waals surface area contributed by atoms with Crippen molar-refractivity contribution in [2.24, 2.45) is 0 Å². The second kappa shape index (κ2) is 5.24. The molecule has 1 fully saturated rings. The molecule has 1 aliphatic rings. The first-order valence-corrected chi connectivity index (χ1v) is 6.60. The van der Waals surface area contributed by atoms with Crippen molar-refractivity contribution < 1.29 is 0 Å². The second-order valence-corrected chi connectivity index (χ2v) is 5.67. The van der Waals surface area contributed by atoms with Gasteiger partial charge in [-0.2, -0.15) is 0 Å². The molecule has 4 heteroatoms. The topological polar surface area (TPSA) is 31.4 Å². The molecule has 0 amide bonds. The van der Waals surface area contributed by atoms with Crippen molar-refractivity contribution in [3.8, 4) is 0 Å². The van der Waals surface area contributed by atoms with Crippen LogP contribution in [0.15, 0.2) is 18.2 Å². The summed E-state index contributed by atoms with van der Waals surface area (Å²) < 4.78 is 0. The molecular formula is C14H24N4. The zero-order chi connectivity index (χ0) is 13.2. The van der Waals surface area contributed by atoms with Crippen LogP contribution >= 0.6 is 0 Å². The molecule has 0 spiro atoms. The third-order valence-corrected chi connectivity index (χ3v) is 3.79. The van der Waals surface area contributed by atoms with Crippen molar-refractivity contribution in [1.82, 2.24) is 15.2 Å². The van der Waals surface area contributed by atoms with E-state index in [1.807, 2.05) is 7.05 Å². The van der Waals surface area contributed by atoms with E-state index in [1.54, 1.807) is 0 Å². The molecule has 1 N–H and O–H groups in total. The molecule has 0 unspecified atom stereocenters. The predicted octanol–water partition coefficient (Wildman–Crippen LogP) is 1.33. The maximum absolute atomic E-state index is 4.72. The Balaban J connectivity index is 2.14. The summed E-state index contributed by atoms with van der Waals surface area (Å²) in [5, 5.41) is 3.15. The minimum Gasteiger partial charge on any atom is -0.353 e. The van der Waals surface area contributed by atoms with Crippen molar-refractivity contribution in [3.05, 3.63) is 23.9 Å². The van der Waals surface area contributed by atoms with Gasteiger partial charge in [-0.25, -0.2) is 4.98 Å². The number of nitrogens with zero attached hydrogens (tertiary/aromatic N) is 3. The number of nitrogens with one attached hydrogen (secondary N) is 1. The molecule has 1 aliphatic heterocycles. The van der Waals surface area contributed by atoms with Crippen molar-refractivity contribution in [2.45, 2.75) is 25.9 Å². The molecule has 2 heterocycles. The molecule has 100 valence electrons. The fourth-order valence-corrected chi connectivity index (χ4v) is 2.36. The summed E-state index contributed by atoms with van der Waals surface area (Å²) >= 11 is 0. The van der Waals surface area contributed by atoms with Crippen LogP contribution in [0.4, 0.5) is 5.82 Å². The quantitative estimate of drug-likeness (QED) is 0.874. The number of aromatic nitrogens is 1. The Bertz CT molecular complexity index is 403. The molecule has 18 heavy (non-hydrogen) atoms. The minimum absolute atomic E-state index is 0.207. The Morgan fingerprint density at radius 3 is 2.78 bits per heavy atom. The average Bonchev–Trinajstić information content (AvgIpc) is 2.33. The van der Waals surface area contributed by atoms with Crippen LogP contribution in [0.25, 0.3) is 0 Å². The van der Waals surface area contributed by atoms with Crippen LogP contribution in [-0.2, 0) is 6.54 Å². The Labute approximate surface area is 110 Å². The van der Waals surface area contributed by atoms with Crippen LogP contribution in [0.3, 0.4) is 0 Å². The second-order valence-electron chi connectivity index (χ2n) is 5.67. The highest BCUT2D eigenvalue weighted by molar-refractivity contribution is 5.40. The number of hydrogen-bond donors (Lipinski definition) is 1. The summed E-state index contributed by atoms with van der Waals surface area (Å²) in [6, 6.07) is 6.28. The van der Waals surface area contributed by atoms with Gasteiger partial charge in [0.15, 0.2) is 0 Å². The van der Waals surface area contributed by atoms with Gasteiger partial charge in [0.1, 0.15) is 5.82 Å². The third-order valence-electron chi connectivity index (χ3n) is 3.79. The van der Waals surface area contributed by atoms with E-state index in [2.05, 4.69) is 54.2 Å². The highest BCUT2D eigenvalue weighted by Crippen LogP contribution is 2.23. The fraction of sp³-hybridized carbons (Fsp3) is 0.643. The fourth-order valence-electron chi connectivity index (χ4n) is 2.36. The number of pyridine rings is 1. The minimum atomic E-state index is 0.207. The Hall–Kier alpha value is -1.13. The summed E-state index contributed by atoms with van der Waals surface area (Å²) in [5.41, 5.74) is 1.31. The summed E-state index contributed by atoms with van der Waals surface area (Å²) in [5.74, 6) is 1.10. The number of rotatable bonds is 3. The van der Waals surface area contributed by atoms with E-state index in [1.165, 1.54) is 0 Å². The van der Waals surface area contributed by atoms with Crippen molar-refractivity contribution in [2.75, 3.05) is 38.6 Å². The lowest BCUT2D eigenvalue weighted by Crippen LogP contribution is -2.57. The Kier molecular flexibility index (Phi) is 3.88. The lowest BCUT2D eigenvalue weighted by molar-refractivity contribution is 0.138. The molecule has 0 aromatic carbocycles. The van der Waals surface area contributed by atoms with Gasteiger partial charge in [-0.3, -0.25) is 4.90 Å². The van der Waals surface area contributed by atoms with E-state index in [4.69, 9.17) is 4.98 Å². The van der Waals surface area contributed by atoms with Crippen LogP contribution < -0.4 is 10.2 Å². The van der Waals surface area contributed by atoms with Crippen molar-refractivity contribution in [3.63, 3.8) is 0 Å². The van der Waals surface area contributed by atoms with E-state index < -0.39 is 0 Å². The molecule has 1 aromatic rings. The van der Waals surface area contributed by atoms with Gasteiger partial charge in [0.2, 0.25) is 0 Å². The molecule has 2 rings (SSSR count). The van der Waals surface area contributed by atoms with Gasteiger partial charge < -0.3 is 10.2 Å². The molecule has 4 nitrogen and oxygen atoms in total. The summed E-state index contributed by atoms with van der Waals surface area (Å²) in [4.78, 5) is 9.53. The highest BCUT2D eigenvalue weighted by Gasteiger charge is 2.31. The van der Waals surface area contributed by atoms with Gasteiger partial charge in [0, 0.05) is 31.7 Å². The normalized spacial score (nSPS) is 20.1. The van der Waals surface area contributed by atoms with Crippen LogP contribution in [0, 0.1) is 0 Å². The molecule has 1 saturated heterocycles. The maximum atomic E-state index is 4.72. The van der Waals surface area contributed by atoms with Crippen LogP contribution in [-0.4, -0.2) is 49.2 Å². The molecule has 1 aromatic heterocycles. The largest absolute Gasteiger partial charge is 0.353 e. The van der Waals surface area contributed by atoms with Gasteiger partial charge in [0.05, 0.1) is 5.69 Å².